The maximum absolute atomic E-state index is 5.87. The van der Waals surface area contributed by atoms with E-state index in [4.69, 9.17) is 11.6 Å². The molecular weight excluding hydrogens is 238 g/mol. The van der Waals surface area contributed by atoms with Crippen molar-refractivity contribution in [3.8, 4) is 0 Å². The molecule has 0 aromatic carbocycles. The van der Waals surface area contributed by atoms with E-state index in [2.05, 4.69) is 52.9 Å². The number of fused-ring (bicyclic) bond motifs is 1. The van der Waals surface area contributed by atoms with E-state index in [0.717, 1.165) is 0 Å². The number of imidazole rings is 1. The molecule has 2 heterocycles. The number of anilines is 1. The van der Waals surface area contributed by atoms with E-state index in [-0.39, 0.29) is 16.7 Å². The third-order valence-electron chi connectivity index (χ3n) is 2.90. The van der Waals surface area contributed by atoms with E-state index in [1.54, 1.807) is 6.33 Å². The predicted molar refractivity (Wildman–Crippen MR) is 69.2 cm³/mol. The number of halogens is 1. The molecular formula is C11H16ClN5. The van der Waals surface area contributed by atoms with Crippen LogP contribution < -0.4 is 5.32 Å². The molecule has 2 aromatic rings. The average Bonchev–Trinajstić information content (AvgIpc) is 2.63. The van der Waals surface area contributed by atoms with Gasteiger partial charge < -0.3 is 10.3 Å². The molecule has 0 radical (unpaired) electrons. The molecule has 0 bridgehead atoms. The molecule has 0 aliphatic rings. The minimum Gasteiger partial charge on any atom is -0.365 e. The monoisotopic (exact) mass is 253 g/mol. The van der Waals surface area contributed by atoms with Gasteiger partial charge in [-0.3, -0.25) is 0 Å². The van der Waals surface area contributed by atoms with Crippen molar-refractivity contribution in [1.82, 2.24) is 19.9 Å². The van der Waals surface area contributed by atoms with E-state index >= 15 is 0 Å². The molecule has 0 aliphatic heterocycles. The lowest BCUT2D eigenvalue weighted by Crippen LogP contribution is -2.31. The van der Waals surface area contributed by atoms with Gasteiger partial charge in [0.25, 0.3) is 0 Å². The second kappa shape index (κ2) is 4.14. The van der Waals surface area contributed by atoms with E-state index in [0.29, 0.717) is 17.0 Å². The number of hydrogen-bond acceptors (Lipinski definition) is 4. The van der Waals surface area contributed by atoms with Crippen molar-refractivity contribution in [3.63, 3.8) is 0 Å². The fraction of sp³-hybridized carbons (Fsp3) is 0.545. The number of nitrogens with one attached hydrogen (secondary N) is 2. The van der Waals surface area contributed by atoms with Gasteiger partial charge in [0, 0.05) is 6.04 Å². The first kappa shape index (κ1) is 12.1. The molecule has 1 unspecified atom stereocenters. The van der Waals surface area contributed by atoms with Crippen LogP contribution in [0.2, 0.25) is 5.28 Å². The van der Waals surface area contributed by atoms with Crippen LogP contribution in [0.1, 0.15) is 27.7 Å². The second-order valence-corrected chi connectivity index (χ2v) is 5.51. The topological polar surface area (TPSA) is 66.5 Å². The summed E-state index contributed by atoms with van der Waals surface area (Å²) in [6, 6.07) is 0.244. The van der Waals surface area contributed by atoms with Crippen LogP contribution in [-0.4, -0.2) is 26.0 Å². The van der Waals surface area contributed by atoms with Crippen LogP contribution in [-0.2, 0) is 0 Å². The Kier molecular flexibility index (Phi) is 2.95. The number of aromatic nitrogens is 4. The van der Waals surface area contributed by atoms with Crippen LogP contribution >= 0.6 is 11.6 Å². The van der Waals surface area contributed by atoms with Crippen LogP contribution in [0.25, 0.3) is 11.2 Å². The van der Waals surface area contributed by atoms with Gasteiger partial charge in [-0.05, 0) is 23.9 Å². The van der Waals surface area contributed by atoms with Gasteiger partial charge in [-0.1, -0.05) is 20.8 Å². The molecule has 0 spiro atoms. The van der Waals surface area contributed by atoms with Gasteiger partial charge in [0.15, 0.2) is 11.5 Å². The summed E-state index contributed by atoms with van der Waals surface area (Å²) in [5, 5.41) is 3.55. The van der Waals surface area contributed by atoms with Gasteiger partial charge in [0.05, 0.1) is 6.33 Å². The van der Waals surface area contributed by atoms with Gasteiger partial charge in [-0.2, -0.15) is 9.97 Å². The van der Waals surface area contributed by atoms with E-state index in [9.17, 15) is 0 Å². The highest BCUT2D eigenvalue weighted by Gasteiger charge is 2.21. The largest absolute Gasteiger partial charge is 0.365 e. The Hall–Kier alpha value is -1.36. The molecule has 0 fully saturated rings. The summed E-state index contributed by atoms with van der Waals surface area (Å²) in [5.41, 5.74) is 1.49. The summed E-state index contributed by atoms with van der Waals surface area (Å²) in [5.74, 6) is 0.670. The highest BCUT2D eigenvalue weighted by atomic mass is 35.5. The van der Waals surface area contributed by atoms with Crippen molar-refractivity contribution in [2.75, 3.05) is 5.32 Å². The lowest BCUT2D eigenvalue weighted by atomic mass is 9.88. The van der Waals surface area contributed by atoms with Crippen molar-refractivity contribution >= 4 is 28.6 Å². The van der Waals surface area contributed by atoms with Crippen molar-refractivity contribution in [1.29, 1.82) is 0 Å². The van der Waals surface area contributed by atoms with Crippen LogP contribution in [0.3, 0.4) is 0 Å². The number of hydrogen-bond donors (Lipinski definition) is 2. The summed E-state index contributed by atoms with van der Waals surface area (Å²) in [6.07, 6.45) is 1.59. The molecule has 2 N–H and O–H groups in total. The summed E-state index contributed by atoms with van der Waals surface area (Å²) in [4.78, 5) is 15.4. The Morgan fingerprint density at radius 2 is 2.06 bits per heavy atom. The SMILES string of the molecule is CC(Nc1nc(Cl)nc2[nH]cnc12)C(C)(C)C. The zero-order valence-corrected chi connectivity index (χ0v) is 11.1. The zero-order valence-electron chi connectivity index (χ0n) is 10.4. The number of rotatable bonds is 2. The number of H-pyrrole nitrogens is 1. The van der Waals surface area contributed by atoms with Crippen LogP contribution in [0.15, 0.2) is 6.33 Å². The van der Waals surface area contributed by atoms with Crippen molar-refractivity contribution in [2.45, 2.75) is 33.7 Å². The van der Waals surface area contributed by atoms with E-state index in [1.165, 1.54) is 0 Å². The maximum atomic E-state index is 5.87. The van der Waals surface area contributed by atoms with Gasteiger partial charge >= 0.3 is 0 Å². The molecule has 92 valence electrons. The van der Waals surface area contributed by atoms with Crippen molar-refractivity contribution in [2.24, 2.45) is 5.41 Å². The van der Waals surface area contributed by atoms with Gasteiger partial charge in [0.1, 0.15) is 5.52 Å². The minimum atomic E-state index is 0.125. The summed E-state index contributed by atoms with van der Waals surface area (Å²) in [6.45, 7) is 8.59. The Morgan fingerprint density at radius 3 is 2.71 bits per heavy atom. The standard InChI is InChI=1S/C11H16ClN5/c1-6(11(2,3)4)15-9-7-8(14-5-13-7)16-10(12)17-9/h5-6H,1-4H3,(H2,13,14,15,16,17). The van der Waals surface area contributed by atoms with Gasteiger partial charge in [-0.15, -0.1) is 0 Å². The minimum absolute atomic E-state index is 0.125. The maximum Gasteiger partial charge on any atom is 0.226 e. The lowest BCUT2D eigenvalue weighted by Gasteiger charge is -2.28. The van der Waals surface area contributed by atoms with Gasteiger partial charge in [-0.25, -0.2) is 4.98 Å². The summed E-state index contributed by atoms with van der Waals surface area (Å²) >= 11 is 5.87. The lowest BCUT2D eigenvalue weighted by molar-refractivity contribution is 0.359. The molecule has 6 heteroatoms. The molecule has 5 nitrogen and oxygen atoms in total. The van der Waals surface area contributed by atoms with Crippen LogP contribution in [0.4, 0.5) is 5.82 Å². The molecule has 17 heavy (non-hydrogen) atoms. The normalized spacial score (nSPS) is 13.9. The third kappa shape index (κ3) is 2.49. The Morgan fingerprint density at radius 1 is 1.35 bits per heavy atom. The highest BCUT2D eigenvalue weighted by Crippen LogP contribution is 2.25. The Bertz CT molecular complexity index is 528. The first-order chi connectivity index (χ1) is 7.88. The molecule has 2 rings (SSSR count). The first-order valence-electron chi connectivity index (χ1n) is 5.51. The van der Waals surface area contributed by atoms with Crippen LogP contribution in [0, 0.1) is 5.41 Å². The van der Waals surface area contributed by atoms with Crippen LogP contribution in [0.5, 0.6) is 0 Å². The van der Waals surface area contributed by atoms with E-state index in [1.807, 2.05) is 0 Å². The highest BCUT2D eigenvalue weighted by molar-refractivity contribution is 6.28. The fourth-order valence-corrected chi connectivity index (χ4v) is 1.50. The molecule has 0 aliphatic carbocycles. The summed E-state index contributed by atoms with van der Waals surface area (Å²) in [7, 11) is 0. The molecule has 0 amide bonds. The molecule has 0 saturated heterocycles. The third-order valence-corrected chi connectivity index (χ3v) is 3.07. The number of aromatic amines is 1. The summed E-state index contributed by atoms with van der Waals surface area (Å²) < 4.78 is 0. The Balaban J connectivity index is 2.38. The quantitative estimate of drug-likeness (QED) is 0.808. The van der Waals surface area contributed by atoms with Crippen molar-refractivity contribution < 1.29 is 0 Å². The smallest absolute Gasteiger partial charge is 0.226 e. The average molecular weight is 254 g/mol. The molecule has 1 atom stereocenters. The molecule has 0 saturated carbocycles. The second-order valence-electron chi connectivity index (χ2n) is 5.17. The Labute approximate surface area is 105 Å². The number of nitrogens with zero attached hydrogens (tertiary/aromatic N) is 3. The zero-order chi connectivity index (χ0) is 12.6. The fourth-order valence-electron chi connectivity index (χ4n) is 1.33. The van der Waals surface area contributed by atoms with Gasteiger partial charge in [0.2, 0.25) is 5.28 Å². The molecule has 2 aromatic heterocycles. The predicted octanol–water partition coefficient (Wildman–Crippen LogP) is 2.85. The first-order valence-corrected chi connectivity index (χ1v) is 5.89. The van der Waals surface area contributed by atoms with Crippen molar-refractivity contribution in [3.05, 3.63) is 11.6 Å². The van der Waals surface area contributed by atoms with E-state index < -0.39 is 0 Å².